The standard InChI is InChI=1S/C8H10NO6S2/c1-5-3-6(16(10,11)12)8(9-2)7(4-5)17(13,14)15/h3-4H,1-2H3,(H,10,11,12)(H,13,14,15). The Morgan fingerprint density at radius 2 is 1.35 bits per heavy atom. The van der Waals surface area contributed by atoms with Gasteiger partial charge in [-0.05, 0) is 24.6 Å². The minimum absolute atomic E-state index is 0.248. The fourth-order valence-corrected chi connectivity index (χ4v) is 2.95. The third-order valence-electron chi connectivity index (χ3n) is 1.96. The summed E-state index contributed by atoms with van der Waals surface area (Å²) < 4.78 is 62.2. The topological polar surface area (TPSA) is 123 Å². The van der Waals surface area contributed by atoms with Crippen molar-refractivity contribution >= 4 is 25.9 Å². The zero-order chi connectivity index (χ0) is 13.4. The van der Waals surface area contributed by atoms with E-state index in [9.17, 15) is 16.8 Å². The molecule has 0 unspecified atom stereocenters. The lowest BCUT2D eigenvalue weighted by Crippen LogP contribution is -2.09. The number of benzene rings is 1. The van der Waals surface area contributed by atoms with E-state index < -0.39 is 35.7 Å². The molecule has 0 aromatic heterocycles. The van der Waals surface area contributed by atoms with Gasteiger partial charge in [0.05, 0.1) is 5.69 Å². The fourth-order valence-electron chi connectivity index (χ4n) is 1.33. The lowest BCUT2D eigenvalue weighted by Gasteiger charge is -2.10. The molecule has 0 spiro atoms. The Bertz CT molecular complexity index is 594. The number of aryl methyl sites for hydroxylation is 1. The molecule has 0 aliphatic rings. The van der Waals surface area contributed by atoms with E-state index >= 15 is 0 Å². The summed E-state index contributed by atoms with van der Waals surface area (Å²) in [5, 5.41) is 3.47. The third-order valence-corrected chi connectivity index (χ3v) is 3.70. The normalized spacial score (nSPS) is 12.5. The van der Waals surface area contributed by atoms with Crippen LogP contribution in [0.5, 0.6) is 0 Å². The lowest BCUT2D eigenvalue weighted by molar-refractivity contribution is 0.480. The van der Waals surface area contributed by atoms with E-state index in [0.717, 1.165) is 19.2 Å². The number of rotatable bonds is 3. The summed E-state index contributed by atoms with van der Waals surface area (Å²) in [5.74, 6) is 0. The quantitative estimate of drug-likeness (QED) is 0.770. The average Bonchev–Trinajstić information content (AvgIpc) is 2.13. The van der Waals surface area contributed by atoms with Crippen LogP contribution in [-0.2, 0) is 20.2 Å². The van der Waals surface area contributed by atoms with Crippen molar-refractivity contribution in [2.45, 2.75) is 16.7 Å². The molecule has 1 aromatic rings. The highest BCUT2D eigenvalue weighted by Gasteiger charge is 2.25. The minimum atomic E-state index is -4.62. The predicted octanol–water partition coefficient (Wildman–Crippen LogP) is 0.354. The highest BCUT2D eigenvalue weighted by molar-refractivity contribution is 7.87. The molecule has 2 N–H and O–H groups in total. The second kappa shape index (κ2) is 4.26. The Labute approximate surface area is 99.0 Å². The van der Waals surface area contributed by atoms with Crippen molar-refractivity contribution in [2.24, 2.45) is 0 Å². The Morgan fingerprint density at radius 1 is 1.00 bits per heavy atom. The van der Waals surface area contributed by atoms with E-state index in [1.807, 2.05) is 0 Å². The molecule has 0 saturated carbocycles. The molecule has 0 fully saturated rings. The van der Waals surface area contributed by atoms with Gasteiger partial charge in [-0.15, -0.1) is 0 Å². The molecular formula is C8H10NO6S2. The van der Waals surface area contributed by atoms with E-state index in [0.29, 0.717) is 0 Å². The second-order valence-electron chi connectivity index (χ2n) is 3.28. The molecule has 1 aromatic carbocycles. The maximum Gasteiger partial charge on any atom is 0.296 e. The van der Waals surface area contributed by atoms with Crippen LogP contribution in [0.2, 0.25) is 0 Å². The first-order chi connectivity index (χ1) is 7.57. The van der Waals surface area contributed by atoms with Gasteiger partial charge in [0, 0.05) is 7.05 Å². The number of hydrogen-bond donors (Lipinski definition) is 2. The summed E-state index contributed by atoms with van der Waals surface area (Å²) in [6.45, 7) is 1.42. The molecule has 0 amide bonds. The molecule has 0 saturated heterocycles. The minimum Gasteiger partial charge on any atom is -0.286 e. The fraction of sp³-hybridized carbons (Fsp3) is 0.250. The van der Waals surface area contributed by atoms with Crippen LogP contribution in [0.15, 0.2) is 21.9 Å². The second-order valence-corrected chi connectivity index (χ2v) is 6.06. The van der Waals surface area contributed by atoms with Gasteiger partial charge in [0.1, 0.15) is 9.79 Å². The van der Waals surface area contributed by atoms with E-state index in [-0.39, 0.29) is 5.56 Å². The van der Waals surface area contributed by atoms with Crippen molar-refractivity contribution in [3.8, 4) is 0 Å². The van der Waals surface area contributed by atoms with Crippen molar-refractivity contribution in [1.29, 1.82) is 0 Å². The summed E-state index contributed by atoms with van der Waals surface area (Å²) >= 11 is 0. The van der Waals surface area contributed by atoms with Crippen molar-refractivity contribution in [2.75, 3.05) is 7.05 Å². The van der Waals surface area contributed by atoms with E-state index in [4.69, 9.17) is 9.11 Å². The van der Waals surface area contributed by atoms with E-state index in [2.05, 4.69) is 5.32 Å². The number of nitrogens with zero attached hydrogens (tertiary/aromatic N) is 1. The molecule has 0 heterocycles. The highest BCUT2D eigenvalue weighted by atomic mass is 32.2. The first-order valence-electron chi connectivity index (χ1n) is 4.27. The summed E-state index contributed by atoms with van der Waals surface area (Å²) in [6.07, 6.45) is 0. The third kappa shape index (κ3) is 2.94. The highest BCUT2D eigenvalue weighted by Crippen LogP contribution is 2.30. The van der Waals surface area contributed by atoms with Gasteiger partial charge in [-0.25, -0.2) is 0 Å². The maximum atomic E-state index is 11.1. The molecular weight excluding hydrogens is 270 g/mol. The first-order valence-corrected chi connectivity index (χ1v) is 7.15. The monoisotopic (exact) mass is 280 g/mol. The van der Waals surface area contributed by atoms with E-state index in [1.165, 1.54) is 6.92 Å². The van der Waals surface area contributed by atoms with Gasteiger partial charge in [0.2, 0.25) is 0 Å². The lowest BCUT2D eigenvalue weighted by atomic mass is 10.2. The van der Waals surface area contributed by atoms with Crippen molar-refractivity contribution in [1.82, 2.24) is 5.32 Å². The number of hydrogen-bond acceptors (Lipinski definition) is 4. The molecule has 0 aliphatic carbocycles. The van der Waals surface area contributed by atoms with Gasteiger partial charge < -0.3 is 0 Å². The first kappa shape index (κ1) is 13.9. The van der Waals surface area contributed by atoms with Crippen LogP contribution in [0.4, 0.5) is 5.69 Å². The zero-order valence-corrected chi connectivity index (χ0v) is 10.6. The molecule has 0 aliphatic heterocycles. The zero-order valence-electron chi connectivity index (χ0n) is 8.95. The molecule has 1 radical (unpaired) electrons. The van der Waals surface area contributed by atoms with Crippen molar-refractivity contribution in [3.63, 3.8) is 0 Å². The summed E-state index contributed by atoms with van der Waals surface area (Å²) in [4.78, 5) is -1.32. The van der Waals surface area contributed by atoms with Crippen LogP contribution in [0, 0.1) is 6.92 Å². The predicted molar refractivity (Wildman–Crippen MR) is 58.5 cm³/mol. The smallest absolute Gasteiger partial charge is 0.286 e. The van der Waals surface area contributed by atoms with Crippen LogP contribution in [-0.4, -0.2) is 33.0 Å². The van der Waals surface area contributed by atoms with Gasteiger partial charge in [-0.1, -0.05) is 0 Å². The summed E-state index contributed by atoms with van der Waals surface area (Å²) in [5.41, 5.74) is -0.252. The van der Waals surface area contributed by atoms with Gasteiger partial charge in [-0.2, -0.15) is 16.8 Å². The van der Waals surface area contributed by atoms with Crippen LogP contribution in [0.1, 0.15) is 5.56 Å². The molecule has 7 nitrogen and oxygen atoms in total. The van der Waals surface area contributed by atoms with Crippen LogP contribution in [0.3, 0.4) is 0 Å². The van der Waals surface area contributed by atoms with Crippen molar-refractivity contribution in [3.05, 3.63) is 17.7 Å². The Hall–Kier alpha value is -1.16. The van der Waals surface area contributed by atoms with Gasteiger partial charge in [0.25, 0.3) is 20.2 Å². The summed E-state index contributed by atoms with van der Waals surface area (Å²) in [6, 6.07) is 2.12. The summed E-state index contributed by atoms with van der Waals surface area (Å²) in [7, 11) is -8.09. The largest absolute Gasteiger partial charge is 0.296 e. The van der Waals surface area contributed by atoms with Gasteiger partial charge in [-0.3, -0.25) is 14.4 Å². The van der Waals surface area contributed by atoms with Crippen LogP contribution < -0.4 is 5.32 Å². The Balaban J connectivity index is 3.83. The Morgan fingerprint density at radius 3 is 1.59 bits per heavy atom. The average molecular weight is 280 g/mol. The Kier molecular flexibility index (Phi) is 3.48. The molecule has 0 bridgehead atoms. The molecule has 17 heavy (non-hydrogen) atoms. The molecule has 9 heteroatoms. The van der Waals surface area contributed by atoms with E-state index in [1.54, 1.807) is 0 Å². The SMILES string of the molecule is C[N]c1c(S(=O)(=O)O)cc(C)cc1S(=O)(=O)O. The van der Waals surface area contributed by atoms with Gasteiger partial charge >= 0.3 is 0 Å². The molecule has 95 valence electrons. The van der Waals surface area contributed by atoms with Gasteiger partial charge in [0.15, 0.2) is 0 Å². The van der Waals surface area contributed by atoms with Crippen LogP contribution >= 0.6 is 0 Å². The molecule has 1 rings (SSSR count). The van der Waals surface area contributed by atoms with Crippen molar-refractivity contribution < 1.29 is 25.9 Å². The molecule has 0 atom stereocenters. The maximum absolute atomic E-state index is 11.1. The van der Waals surface area contributed by atoms with Crippen LogP contribution in [0.25, 0.3) is 0 Å².